The molecule has 2 unspecified atom stereocenters. The molecule has 1 aromatic rings. The van der Waals surface area contributed by atoms with Gasteiger partial charge in [-0.2, -0.15) is 11.8 Å². The van der Waals surface area contributed by atoms with Crippen LogP contribution in [0.15, 0.2) is 10.6 Å². The van der Waals surface area contributed by atoms with Gasteiger partial charge in [0.15, 0.2) is 5.69 Å². The third-order valence-corrected chi connectivity index (χ3v) is 4.10. The van der Waals surface area contributed by atoms with E-state index in [1.165, 1.54) is 0 Å². The second kappa shape index (κ2) is 5.43. The van der Waals surface area contributed by atoms with E-state index in [9.17, 15) is 9.59 Å². The lowest BCUT2D eigenvalue weighted by Gasteiger charge is -2.10. The number of carbonyl (C=O) groups is 2. The number of hydrogen-bond acceptors (Lipinski definition) is 5. The Kier molecular flexibility index (Phi) is 3.90. The second-order valence-electron chi connectivity index (χ2n) is 4.22. The molecule has 2 rings (SSSR count). The Morgan fingerprint density at radius 2 is 2.33 bits per heavy atom. The third-order valence-electron chi connectivity index (χ3n) is 3.01. The summed E-state index contributed by atoms with van der Waals surface area (Å²) >= 11 is 1.80. The summed E-state index contributed by atoms with van der Waals surface area (Å²) in [6.45, 7) is 0. The number of nitrogens with zero attached hydrogens (tertiary/aromatic N) is 1. The Morgan fingerprint density at radius 1 is 1.56 bits per heavy atom. The summed E-state index contributed by atoms with van der Waals surface area (Å²) in [4.78, 5) is 22.4. The van der Waals surface area contributed by atoms with E-state index in [1.807, 2.05) is 0 Å². The van der Waals surface area contributed by atoms with Gasteiger partial charge in [0.2, 0.25) is 5.76 Å². The molecule has 1 aliphatic carbocycles. The van der Waals surface area contributed by atoms with Gasteiger partial charge in [-0.25, -0.2) is 4.79 Å². The van der Waals surface area contributed by atoms with Crippen LogP contribution in [0.25, 0.3) is 0 Å². The van der Waals surface area contributed by atoms with E-state index < -0.39 is 5.97 Å². The lowest BCUT2D eigenvalue weighted by Crippen LogP contribution is -2.33. The van der Waals surface area contributed by atoms with Crippen molar-refractivity contribution in [1.29, 1.82) is 0 Å². The summed E-state index contributed by atoms with van der Waals surface area (Å²) in [5.74, 6) is -1.93. The predicted octanol–water partition coefficient (Wildman–Crippen LogP) is 1.39. The first kappa shape index (κ1) is 12.9. The van der Waals surface area contributed by atoms with Crippen molar-refractivity contribution >= 4 is 23.6 Å². The fourth-order valence-corrected chi connectivity index (χ4v) is 2.82. The van der Waals surface area contributed by atoms with Gasteiger partial charge in [-0.05, 0) is 25.5 Å². The van der Waals surface area contributed by atoms with Gasteiger partial charge in [0.25, 0.3) is 5.91 Å². The third kappa shape index (κ3) is 2.84. The van der Waals surface area contributed by atoms with E-state index in [1.54, 1.807) is 11.8 Å². The molecule has 2 N–H and O–H groups in total. The fraction of sp³-hybridized carbons (Fsp3) is 0.545. The SMILES string of the molecule is CSC1CCC(NC(=O)c2cc(C(=O)O)on2)C1. The highest BCUT2D eigenvalue weighted by Gasteiger charge is 2.26. The van der Waals surface area contributed by atoms with Crippen LogP contribution < -0.4 is 5.32 Å². The van der Waals surface area contributed by atoms with Crippen molar-refractivity contribution in [3.63, 3.8) is 0 Å². The van der Waals surface area contributed by atoms with E-state index in [4.69, 9.17) is 5.11 Å². The summed E-state index contributed by atoms with van der Waals surface area (Å²) in [6, 6.07) is 1.28. The summed E-state index contributed by atoms with van der Waals surface area (Å²) < 4.78 is 4.54. The van der Waals surface area contributed by atoms with Crippen molar-refractivity contribution in [2.24, 2.45) is 0 Å². The van der Waals surface area contributed by atoms with Crippen molar-refractivity contribution in [2.45, 2.75) is 30.6 Å². The number of carboxylic acid groups (broad SMARTS) is 1. The molecule has 1 aromatic heterocycles. The van der Waals surface area contributed by atoms with Gasteiger partial charge < -0.3 is 14.9 Å². The zero-order chi connectivity index (χ0) is 13.1. The molecule has 0 spiro atoms. The van der Waals surface area contributed by atoms with Crippen molar-refractivity contribution in [2.75, 3.05) is 6.26 Å². The molecule has 98 valence electrons. The van der Waals surface area contributed by atoms with Gasteiger partial charge >= 0.3 is 5.97 Å². The molecule has 0 saturated heterocycles. The quantitative estimate of drug-likeness (QED) is 0.858. The maximum Gasteiger partial charge on any atom is 0.374 e. The molecule has 7 heteroatoms. The molecule has 0 radical (unpaired) electrons. The minimum atomic E-state index is -1.23. The number of hydrogen-bond donors (Lipinski definition) is 2. The zero-order valence-electron chi connectivity index (χ0n) is 9.88. The van der Waals surface area contributed by atoms with Crippen LogP contribution in [-0.4, -0.2) is 39.7 Å². The first-order valence-corrected chi connectivity index (χ1v) is 6.92. The largest absolute Gasteiger partial charge is 0.475 e. The van der Waals surface area contributed by atoms with E-state index >= 15 is 0 Å². The van der Waals surface area contributed by atoms with Gasteiger partial charge in [-0.15, -0.1) is 0 Å². The lowest BCUT2D eigenvalue weighted by molar-refractivity contribution is 0.0651. The maximum absolute atomic E-state index is 11.8. The number of nitrogens with one attached hydrogen (secondary N) is 1. The molecule has 0 aliphatic heterocycles. The van der Waals surface area contributed by atoms with Crippen LogP contribution in [0.3, 0.4) is 0 Å². The summed E-state index contributed by atoms with van der Waals surface area (Å²) in [5.41, 5.74) is 0.0139. The number of aromatic nitrogens is 1. The number of thioether (sulfide) groups is 1. The molecule has 6 nitrogen and oxygen atoms in total. The van der Waals surface area contributed by atoms with E-state index in [0.717, 1.165) is 25.3 Å². The highest BCUT2D eigenvalue weighted by atomic mass is 32.2. The number of rotatable bonds is 4. The number of carbonyl (C=O) groups excluding carboxylic acids is 1. The van der Waals surface area contributed by atoms with E-state index in [-0.39, 0.29) is 23.4 Å². The van der Waals surface area contributed by atoms with Crippen LogP contribution in [-0.2, 0) is 0 Å². The molecular formula is C11H14N2O4S. The Hall–Kier alpha value is -1.50. The molecule has 1 amide bonds. The molecule has 1 fully saturated rings. The van der Waals surface area contributed by atoms with Crippen LogP contribution in [0.1, 0.15) is 40.3 Å². The highest BCUT2D eigenvalue weighted by Crippen LogP contribution is 2.28. The maximum atomic E-state index is 11.8. The minimum absolute atomic E-state index is 0.0139. The average Bonchev–Trinajstić information content (AvgIpc) is 2.97. The zero-order valence-corrected chi connectivity index (χ0v) is 10.7. The van der Waals surface area contributed by atoms with Crippen molar-refractivity contribution < 1.29 is 19.2 Å². The van der Waals surface area contributed by atoms with E-state index in [2.05, 4.69) is 21.3 Å². The summed E-state index contributed by atoms with van der Waals surface area (Å²) in [7, 11) is 0. The van der Waals surface area contributed by atoms with Crippen LogP contribution in [0.5, 0.6) is 0 Å². The first-order chi connectivity index (χ1) is 8.60. The van der Waals surface area contributed by atoms with Gasteiger partial charge in [0.1, 0.15) is 0 Å². The molecule has 1 heterocycles. The molecule has 1 aliphatic rings. The van der Waals surface area contributed by atoms with E-state index in [0.29, 0.717) is 5.25 Å². The molecule has 2 atom stereocenters. The topological polar surface area (TPSA) is 92.4 Å². The average molecular weight is 270 g/mol. The van der Waals surface area contributed by atoms with Gasteiger partial charge in [-0.3, -0.25) is 4.79 Å². The van der Waals surface area contributed by atoms with Crippen molar-refractivity contribution in [3.8, 4) is 0 Å². The minimum Gasteiger partial charge on any atom is -0.475 e. The first-order valence-electron chi connectivity index (χ1n) is 5.64. The van der Waals surface area contributed by atoms with Crippen LogP contribution in [0.4, 0.5) is 0 Å². The van der Waals surface area contributed by atoms with Crippen LogP contribution >= 0.6 is 11.8 Å². The fourth-order valence-electron chi connectivity index (χ4n) is 2.03. The number of amides is 1. The smallest absolute Gasteiger partial charge is 0.374 e. The Bertz CT molecular complexity index is 460. The Morgan fingerprint density at radius 3 is 2.89 bits per heavy atom. The highest BCUT2D eigenvalue weighted by molar-refractivity contribution is 7.99. The van der Waals surface area contributed by atoms with Crippen molar-refractivity contribution in [1.82, 2.24) is 10.5 Å². The van der Waals surface area contributed by atoms with Crippen LogP contribution in [0, 0.1) is 0 Å². The molecule has 18 heavy (non-hydrogen) atoms. The standard InChI is InChI=1S/C11H14N2O4S/c1-18-7-3-2-6(4-7)12-10(14)8-5-9(11(15)16)17-13-8/h5-7H,2-4H2,1H3,(H,12,14)(H,15,16). The normalized spacial score (nSPS) is 22.9. The monoisotopic (exact) mass is 270 g/mol. The Labute approximate surface area is 108 Å². The predicted molar refractivity (Wildman–Crippen MR) is 65.9 cm³/mol. The summed E-state index contributed by atoms with van der Waals surface area (Å²) in [6.07, 6.45) is 5.04. The lowest BCUT2D eigenvalue weighted by atomic mass is 10.2. The second-order valence-corrected chi connectivity index (χ2v) is 5.36. The molecule has 0 aromatic carbocycles. The summed E-state index contributed by atoms with van der Waals surface area (Å²) in [5, 5.41) is 15.5. The van der Waals surface area contributed by atoms with Crippen LogP contribution in [0.2, 0.25) is 0 Å². The Balaban J connectivity index is 1.93. The number of carboxylic acids is 1. The molecular weight excluding hydrogens is 256 g/mol. The van der Waals surface area contributed by atoms with Gasteiger partial charge in [-0.1, -0.05) is 5.16 Å². The van der Waals surface area contributed by atoms with Gasteiger partial charge in [0.05, 0.1) is 0 Å². The molecule has 1 saturated carbocycles. The van der Waals surface area contributed by atoms with Gasteiger partial charge in [0, 0.05) is 17.4 Å². The van der Waals surface area contributed by atoms with Crippen molar-refractivity contribution in [3.05, 3.63) is 17.5 Å². The number of aromatic carboxylic acids is 1. The molecule has 0 bridgehead atoms.